The first kappa shape index (κ1) is 15.9. The normalized spacial score (nSPS) is 11.4. The van der Waals surface area contributed by atoms with Crippen molar-refractivity contribution in [2.45, 2.75) is 13.8 Å². The standard InChI is InChI=1S/C19H22ClN3/c1-13(2)12-22(3)19-10-16(20)6-7-17(19)14-5-8-18-15(9-14)11-21-23(18)4/h5-11,13H,12H2,1-4H3. The first-order valence-corrected chi connectivity index (χ1v) is 8.26. The average Bonchev–Trinajstić information content (AvgIpc) is 2.87. The maximum absolute atomic E-state index is 6.24. The highest BCUT2D eigenvalue weighted by atomic mass is 35.5. The van der Waals surface area contributed by atoms with Gasteiger partial charge >= 0.3 is 0 Å². The van der Waals surface area contributed by atoms with Gasteiger partial charge in [0.05, 0.1) is 11.7 Å². The van der Waals surface area contributed by atoms with Gasteiger partial charge in [0.25, 0.3) is 0 Å². The Morgan fingerprint density at radius 1 is 1.17 bits per heavy atom. The predicted molar refractivity (Wildman–Crippen MR) is 99.3 cm³/mol. The van der Waals surface area contributed by atoms with Crippen molar-refractivity contribution in [2.75, 3.05) is 18.5 Å². The molecule has 0 unspecified atom stereocenters. The molecule has 0 spiro atoms. The van der Waals surface area contributed by atoms with E-state index in [0.29, 0.717) is 5.92 Å². The quantitative estimate of drug-likeness (QED) is 0.673. The highest BCUT2D eigenvalue weighted by molar-refractivity contribution is 6.31. The van der Waals surface area contributed by atoms with E-state index in [1.54, 1.807) is 0 Å². The Hall–Kier alpha value is -2.00. The van der Waals surface area contributed by atoms with Crippen LogP contribution in [0.4, 0.5) is 5.69 Å². The van der Waals surface area contributed by atoms with Crippen molar-refractivity contribution in [3.05, 3.63) is 47.6 Å². The second-order valence-corrected chi connectivity index (χ2v) is 6.91. The van der Waals surface area contributed by atoms with Crippen LogP contribution in [0.15, 0.2) is 42.6 Å². The Balaban J connectivity index is 2.09. The van der Waals surface area contributed by atoms with Crippen LogP contribution in [0.25, 0.3) is 22.0 Å². The van der Waals surface area contributed by atoms with E-state index in [0.717, 1.165) is 28.2 Å². The van der Waals surface area contributed by atoms with E-state index in [1.165, 1.54) is 11.1 Å². The molecule has 23 heavy (non-hydrogen) atoms. The number of halogens is 1. The summed E-state index contributed by atoms with van der Waals surface area (Å²) >= 11 is 6.24. The molecule has 0 aliphatic rings. The van der Waals surface area contributed by atoms with E-state index in [-0.39, 0.29) is 0 Å². The van der Waals surface area contributed by atoms with Crippen LogP contribution in [0.2, 0.25) is 5.02 Å². The molecular weight excluding hydrogens is 306 g/mol. The number of fused-ring (bicyclic) bond motifs is 1. The molecule has 0 aliphatic heterocycles. The van der Waals surface area contributed by atoms with Gasteiger partial charge in [0.15, 0.2) is 0 Å². The molecular formula is C19H22ClN3. The fourth-order valence-corrected chi connectivity index (χ4v) is 3.21. The molecule has 0 aliphatic carbocycles. The molecule has 0 amide bonds. The van der Waals surface area contributed by atoms with Gasteiger partial charge in [0.1, 0.15) is 0 Å². The minimum absolute atomic E-state index is 0.590. The summed E-state index contributed by atoms with van der Waals surface area (Å²) in [6, 6.07) is 12.6. The van der Waals surface area contributed by atoms with Crippen LogP contribution < -0.4 is 4.90 Å². The van der Waals surface area contributed by atoms with Gasteiger partial charge in [-0.2, -0.15) is 5.10 Å². The van der Waals surface area contributed by atoms with E-state index in [9.17, 15) is 0 Å². The number of hydrogen-bond acceptors (Lipinski definition) is 2. The molecule has 3 nitrogen and oxygen atoms in total. The highest BCUT2D eigenvalue weighted by Gasteiger charge is 2.12. The first-order chi connectivity index (χ1) is 11.0. The number of anilines is 1. The van der Waals surface area contributed by atoms with Crippen LogP contribution in [0, 0.1) is 5.92 Å². The number of nitrogens with zero attached hydrogens (tertiary/aromatic N) is 3. The van der Waals surface area contributed by atoms with Crippen molar-refractivity contribution in [1.82, 2.24) is 9.78 Å². The number of aromatic nitrogens is 2. The van der Waals surface area contributed by atoms with Crippen LogP contribution in [0.3, 0.4) is 0 Å². The highest BCUT2D eigenvalue weighted by Crippen LogP contribution is 2.34. The molecule has 2 aromatic carbocycles. The van der Waals surface area contributed by atoms with Crippen LogP contribution in [-0.4, -0.2) is 23.4 Å². The first-order valence-electron chi connectivity index (χ1n) is 7.88. The van der Waals surface area contributed by atoms with Crippen molar-refractivity contribution in [3.63, 3.8) is 0 Å². The van der Waals surface area contributed by atoms with Crippen molar-refractivity contribution in [1.29, 1.82) is 0 Å². The Kier molecular flexibility index (Phi) is 4.31. The summed E-state index contributed by atoms with van der Waals surface area (Å²) in [6.07, 6.45) is 1.91. The molecule has 0 atom stereocenters. The summed E-state index contributed by atoms with van der Waals surface area (Å²) in [5.74, 6) is 0.590. The summed E-state index contributed by atoms with van der Waals surface area (Å²) in [5.41, 5.74) is 4.69. The molecule has 0 saturated heterocycles. The number of aryl methyl sites for hydroxylation is 1. The summed E-state index contributed by atoms with van der Waals surface area (Å²) in [7, 11) is 4.09. The van der Waals surface area contributed by atoms with E-state index < -0.39 is 0 Å². The van der Waals surface area contributed by atoms with E-state index in [1.807, 2.05) is 30.1 Å². The van der Waals surface area contributed by atoms with Crippen LogP contribution in [-0.2, 0) is 7.05 Å². The Morgan fingerprint density at radius 3 is 2.70 bits per heavy atom. The van der Waals surface area contributed by atoms with E-state index in [4.69, 9.17) is 11.6 Å². The van der Waals surface area contributed by atoms with E-state index >= 15 is 0 Å². The molecule has 120 valence electrons. The Bertz CT molecular complexity index is 836. The maximum atomic E-state index is 6.24. The van der Waals surface area contributed by atoms with Crippen molar-refractivity contribution in [2.24, 2.45) is 13.0 Å². The van der Waals surface area contributed by atoms with Crippen molar-refractivity contribution < 1.29 is 0 Å². The molecule has 0 fully saturated rings. The number of rotatable bonds is 4. The number of hydrogen-bond donors (Lipinski definition) is 0. The van der Waals surface area contributed by atoms with E-state index in [2.05, 4.69) is 55.2 Å². The van der Waals surface area contributed by atoms with Gasteiger partial charge in [-0.1, -0.05) is 37.6 Å². The Labute approximate surface area is 142 Å². The molecule has 0 radical (unpaired) electrons. The van der Waals surface area contributed by atoms with Gasteiger partial charge in [-0.3, -0.25) is 4.68 Å². The topological polar surface area (TPSA) is 21.1 Å². The maximum Gasteiger partial charge on any atom is 0.0679 e. The van der Waals surface area contributed by atoms with Gasteiger partial charge < -0.3 is 4.90 Å². The zero-order valence-electron chi connectivity index (χ0n) is 14.0. The molecule has 3 aromatic rings. The zero-order valence-corrected chi connectivity index (χ0v) is 14.8. The molecule has 0 bridgehead atoms. The summed E-state index contributed by atoms with van der Waals surface area (Å²) in [6.45, 7) is 5.44. The lowest BCUT2D eigenvalue weighted by molar-refractivity contribution is 0.639. The second kappa shape index (κ2) is 6.25. The average molecular weight is 328 g/mol. The van der Waals surface area contributed by atoms with Gasteiger partial charge in [0, 0.05) is 42.3 Å². The molecule has 4 heteroatoms. The van der Waals surface area contributed by atoms with Gasteiger partial charge in [-0.05, 0) is 35.7 Å². The third-order valence-electron chi connectivity index (χ3n) is 4.07. The third kappa shape index (κ3) is 3.20. The zero-order chi connectivity index (χ0) is 16.6. The summed E-state index contributed by atoms with van der Waals surface area (Å²) in [4.78, 5) is 2.28. The van der Waals surface area contributed by atoms with Crippen LogP contribution >= 0.6 is 11.6 Å². The predicted octanol–water partition coefficient (Wildman–Crippen LogP) is 4.99. The minimum atomic E-state index is 0.590. The minimum Gasteiger partial charge on any atom is -0.374 e. The van der Waals surface area contributed by atoms with Gasteiger partial charge in [-0.25, -0.2) is 0 Å². The van der Waals surface area contributed by atoms with Crippen LogP contribution in [0.1, 0.15) is 13.8 Å². The molecule has 1 heterocycles. The molecule has 0 saturated carbocycles. The molecule has 3 rings (SSSR count). The summed E-state index contributed by atoms with van der Waals surface area (Å²) in [5, 5.41) is 6.24. The lowest BCUT2D eigenvalue weighted by Gasteiger charge is -2.25. The lowest BCUT2D eigenvalue weighted by Crippen LogP contribution is -2.23. The molecule has 1 aromatic heterocycles. The van der Waals surface area contributed by atoms with Crippen LogP contribution in [0.5, 0.6) is 0 Å². The SMILES string of the molecule is CC(C)CN(C)c1cc(Cl)ccc1-c1ccc2c(cnn2C)c1. The van der Waals surface area contributed by atoms with Gasteiger partial charge in [0.2, 0.25) is 0 Å². The number of benzene rings is 2. The molecule has 0 N–H and O–H groups in total. The lowest BCUT2D eigenvalue weighted by atomic mass is 10.0. The fraction of sp³-hybridized carbons (Fsp3) is 0.316. The summed E-state index contributed by atoms with van der Waals surface area (Å²) < 4.78 is 1.90. The fourth-order valence-electron chi connectivity index (χ4n) is 3.04. The third-order valence-corrected chi connectivity index (χ3v) is 4.30. The van der Waals surface area contributed by atoms with Gasteiger partial charge in [-0.15, -0.1) is 0 Å². The van der Waals surface area contributed by atoms with Crippen molar-refractivity contribution in [3.8, 4) is 11.1 Å². The Morgan fingerprint density at radius 2 is 1.96 bits per heavy atom. The monoisotopic (exact) mass is 327 g/mol. The smallest absolute Gasteiger partial charge is 0.0679 e. The largest absolute Gasteiger partial charge is 0.374 e. The second-order valence-electron chi connectivity index (χ2n) is 6.48. The van der Waals surface area contributed by atoms with Crippen molar-refractivity contribution >= 4 is 28.2 Å².